The molecule has 5 nitrogen and oxygen atoms in total. The molecule has 0 saturated carbocycles. The molecule has 0 bridgehead atoms. The van der Waals surface area contributed by atoms with E-state index in [9.17, 15) is 13.2 Å². The van der Waals surface area contributed by atoms with Gasteiger partial charge in [0.05, 0.1) is 17.1 Å². The predicted molar refractivity (Wildman–Crippen MR) is 88.4 cm³/mol. The molecular weight excluding hydrogens is 314 g/mol. The minimum atomic E-state index is -3.23. The summed E-state index contributed by atoms with van der Waals surface area (Å²) in [5.41, 5.74) is 3.56. The number of anilines is 1. The highest BCUT2D eigenvalue weighted by Gasteiger charge is 2.26. The molecule has 0 atom stereocenters. The Hall–Kier alpha value is -2.34. The third-order valence-corrected chi connectivity index (χ3v) is 4.93. The van der Waals surface area contributed by atoms with Gasteiger partial charge in [-0.3, -0.25) is 4.90 Å². The zero-order valence-electron chi connectivity index (χ0n) is 12.9. The van der Waals surface area contributed by atoms with E-state index in [0.717, 1.165) is 22.4 Å². The summed E-state index contributed by atoms with van der Waals surface area (Å²) in [6.07, 6.45) is 0.822. The van der Waals surface area contributed by atoms with Crippen molar-refractivity contribution >= 4 is 21.6 Å². The van der Waals surface area contributed by atoms with E-state index in [1.807, 2.05) is 25.1 Å². The number of aryl methyl sites for hydroxylation is 1. The minimum Gasteiger partial charge on any atom is -0.447 e. The molecule has 1 fully saturated rings. The molecule has 2 aromatic rings. The third kappa shape index (κ3) is 3.07. The maximum atomic E-state index is 11.9. The Morgan fingerprint density at radius 1 is 1.09 bits per heavy atom. The summed E-state index contributed by atoms with van der Waals surface area (Å²) in [7, 11) is -3.23. The predicted octanol–water partition coefficient (Wildman–Crippen LogP) is 3.02. The Kier molecular flexibility index (Phi) is 3.85. The molecular formula is C17H17NO4S. The Bertz CT molecular complexity index is 857. The standard InChI is InChI=1S/C17H17NO4S/c1-12-3-8-16(18-9-10-22-17(18)19)15(11-12)13-4-6-14(7-5-13)23(2,20)21/h3-8,11H,9-10H2,1-2H3. The summed E-state index contributed by atoms with van der Waals surface area (Å²) in [5.74, 6) is 0. The van der Waals surface area contributed by atoms with Crippen LogP contribution in [0.1, 0.15) is 5.56 Å². The van der Waals surface area contributed by atoms with E-state index in [1.54, 1.807) is 29.2 Å². The highest BCUT2D eigenvalue weighted by atomic mass is 32.2. The molecule has 6 heteroatoms. The highest BCUT2D eigenvalue weighted by molar-refractivity contribution is 7.90. The van der Waals surface area contributed by atoms with E-state index in [-0.39, 0.29) is 11.0 Å². The number of benzene rings is 2. The minimum absolute atomic E-state index is 0.274. The van der Waals surface area contributed by atoms with Crippen molar-refractivity contribution < 1.29 is 17.9 Å². The Balaban J connectivity index is 2.08. The van der Waals surface area contributed by atoms with Crippen LogP contribution in [-0.4, -0.2) is 33.9 Å². The summed E-state index contributed by atoms with van der Waals surface area (Å²) < 4.78 is 28.2. The van der Waals surface area contributed by atoms with Gasteiger partial charge >= 0.3 is 6.09 Å². The Morgan fingerprint density at radius 2 is 1.78 bits per heavy atom. The van der Waals surface area contributed by atoms with Gasteiger partial charge in [0, 0.05) is 11.8 Å². The molecule has 0 N–H and O–H groups in total. The van der Waals surface area contributed by atoms with Gasteiger partial charge in [-0.05, 0) is 36.8 Å². The van der Waals surface area contributed by atoms with Crippen molar-refractivity contribution in [3.05, 3.63) is 48.0 Å². The van der Waals surface area contributed by atoms with Gasteiger partial charge in [0.25, 0.3) is 0 Å². The lowest BCUT2D eigenvalue weighted by atomic mass is 10.0. The summed E-state index contributed by atoms with van der Waals surface area (Å²) in [6.45, 7) is 2.86. The van der Waals surface area contributed by atoms with Gasteiger partial charge < -0.3 is 4.74 Å². The van der Waals surface area contributed by atoms with E-state index < -0.39 is 9.84 Å². The summed E-state index contributed by atoms with van der Waals surface area (Å²) >= 11 is 0. The lowest BCUT2D eigenvalue weighted by molar-refractivity contribution is 0.181. The van der Waals surface area contributed by atoms with Crippen LogP contribution in [0.15, 0.2) is 47.4 Å². The number of rotatable bonds is 3. The summed E-state index contributed by atoms with van der Waals surface area (Å²) in [5, 5.41) is 0. The van der Waals surface area contributed by atoms with Gasteiger partial charge in [0.15, 0.2) is 9.84 Å². The van der Waals surface area contributed by atoms with Crippen LogP contribution >= 0.6 is 0 Å². The molecule has 23 heavy (non-hydrogen) atoms. The number of carbonyl (C=O) groups excluding carboxylic acids is 1. The SMILES string of the molecule is Cc1ccc(N2CCOC2=O)c(-c2ccc(S(C)(=O)=O)cc2)c1. The van der Waals surface area contributed by atoms with Crippen molar-refractivity contribution in [1.29, 1.82) is 0 Å². The first-order valence-corrected chi connectivity index (χ1v) is 9.11. The molecule has 1 saturated heterocycles. The average Bonchev–Trinajstić information content (AvgIpc) is 2.92. The Morgan fingerprint density at radius 3 is 2.35 bits per heavy atom. The van der Waals surface area contributed by atoms with Crippen molar-refractivity contribution in [3.8, 4) is 11.1 Å². The fourth-order valence-electron chi connectivity index (χ4n) is 2.61. The second-order valence-corrected chi connectivity index (χ2v) is 7.60. The van der Waals surface area contributed by atoms with E-state index in [4.69, 9.17) is 4.74 Å². The maximum absolute atomic E-state index is 11.9. The molecule has 1 amide bonds. The van der Waals surface area contributed by atoms with Gasteiger partial charge in [-0.25, -0.2) is 13.2 Å². The van der Waals surface area contributed by atoms with Crippen LogP contribution in [0.5, 0.6) is 0 Å². The summed E-state index contributed by atoms with van der Waals surface area (Å²) in [4.78, 5) is 13.7. The Labute approximate surface area is 135 Å². The topological polar surface area (TPSA) is 63.7 Å². The molecule has 1 aliphatic heterocycles. The van der Waals surface area contributed by atoms with E-state index in [1.165, 1.54) is 6.26 Å². The van der Waals surface area contributed by atoms with Crippen LogP contribution in [0.2, 0.25) is 0 Å². The molecule has 0 radical (unpaired) electrons. The molecule has 2 aromatic carbocycles. The molecule has 0 aliphatic carbocycles. The van der Waals surface area contributed by atoms with Crippen LogP contribution in [0.25, 0.3) is 11.1 Å². The van der Waals surface area contributed by atoms with Crippen molar-refractivity contribution in [2.45, 2.75) is 11.8 Å². The zero-order chi connectivity index (χ0) is 16.6. The largest absolute Gasteiger partial charge is 0.447 e. The first kappa shape index (κ1) is 15.6. The average molecular weight is 331 g/mol. The second-order valence-electron chi connectivity index (χ2n) is 5.58. The van der Waals surface area contributed by atoms with E-state index >= 15 is 0 Å². The van der Waals surface area contributed by atoms with Gasteiger partial charge in [0.1, 0.15) is 6.61 Å². The quantitative estimate of drug-likeness (QED) is 0.867. The van der Waals surface area contributed by atoms with Gasteiger partial charge in [0.2, 0.25) is 0 Å². The van der Waals surface area contributed by atoms with Crippen molar-refractivity contribution in [2.75, 3.05) is 24.3 Å². The monoisotopic (exact) mass is 331 g/mol. The van der Waals surface area contributed by atoms with Gasteiger partial charge in [-0.2, -0.15) is 0 Å². The fraction of sp³-hybridized carbons (Fsp3) is 0.235. The van der Waals surface area contributed by atoms with E-state index in [2.05, 4.69) is 0 Å². The van der Waals surface area contributed by atoms with Crippen LogP contribution in [0.3, 0.4) is 0 Å². The number of amides is 1. The smallest absolute Gasteiger partial charge is 0.414 e. The molecule has 1 heterocycles. The first-order chi connectivity index (χ1) is 10.9. The molecule has 120 valence electrons. The lowest BCUT2D eigenvalue weighted by Gasteiger charge is -2.18. The van der Waals surface area contributed by atoms with Crippen molar-refractivity contribution in [2.24, 2.45) is 0 Å². The second kappa shape index (κ2) is 5.70. The van der Waals surface area contributed by atoms with Crippen molar-refractivity contribution in [1.82, 2.24) is 0 Å². The zero-order valence-corrected chi connectivity index (χ0v) is 13.8. The van der Waals surface area contributed by atoms with Crippen LogP contribution in [0.4, 0.5) is 10.5 Å². The van der Waals surface area contributed by atoms with Gasteiger partial charge in [-0.1, -0.05) is 23.8 Å². The fourth-order valence-corrected chi connectivity index (χ4v) is 3.24. The molecule has 0 unspecified atom stereocenters. The summed E-state index contributed by atoms with van der Waals surface area (Å²) in [6, 6.07) is 12.5. The van der Waals surface area contributed by atoms with E-state index in [0.29, 0.717) is 13.2 Å². The third-order valence-electron chi connectivity index (χ3n) is 3.80. The number of carbonyl (C=O) groups is 1. The molecule has 1 aliphatic rings. The number of nitrogens with zero attached hydrogens (tertiary/aromatic N) is 1. The number of hydrogen-bond acceptors (Lipinski definition) is 4. The number of sulfone groups is 1. The van der Waals surface area contributed by atoms with Crippen LogP contribution < -0.4 is 4.90 Å². The highest BCUT2D eigenvalue weighted by Crippen LogP contribution is 2.33. The maximum Gasteiger partial charge on any atom is 0.414 e. The van der Waals surface area contributed by atoms with Crippen molar-refractivity contribution in [3.63, 3.8) is 0 Å². The molecule has 3 rings (SSSR count). The lowest BCUT2D eigenvalue weighted by Crippen LogP contribution is -2.24. The van der Waals surface area contributed by atoms with Crippen LogP contribution in [-0.2, 0) is 14.6 Å². The van der Waals surface area contributed by atoms with Gasteiger partial charge in [-0.15, -0.1) is 0 Å². The molecule has 0 spiro atoms. The number of ether oxygens (including phenoxy) is 1. The number of cyclic esters (lactones) is 1. The normalized spacial score (nSPS) is 14.9. The molecule has 0 aromatic heterocycles. The number of hydrogen-bond donors (Lipinski definition) is 0. The van der Waals surface area contributed by atoms with Crippen LogP contribution in [0, 0.1) is 6.92 Å². The first-order valence-electron chi connectivity index (χ1n) is 7.22.